The molecule has 4 rings (SSSR count). The molecule has 128 valence electrons. The molecule has 0 amide bonds. The normalized spacial score (nSPS) is 13.1. The summed E-state index contributed by atoms with van der Waals surface area (Å²) in [6.07, 6.45) is 4.12. The molecule has 0 bridgehead atoms. The van der Waals surface area contributed by atoms with Gasteiger partial charge in [-0.25, -0.2) is 9.37 Å². The number of pyridine rings is 1. The summed E-state index contributed by atoms with van der Waals surface area (Å²) >= 11 is 0. The van der Waals surface area contributed by atoms with Crippen molar-refractivity contribution in [1.82, 2.24) is 4.98 Å². The van der Waals surface area contributed by atoms with Crippen molar-refractivity contribution >= 4 is 0 Å². The van der Waals surface area contributed by atoms with Crippen molar-refractivity contribution in [2.75, 3.05) is 0 Å². The van der Waals surface area contributed by atoms with Crippen LogP contribution in [0.5, 0.6) is 0 Å². The Morgan fingerprint density at radius 1 is 0.885 bits per heavy atom. The number of aromatic nitrogens is 1. The first-order valence-electron chi connectivity index (χ1n) is 8.96. The summed E-state index contributed by atoms with van der Waals surface area (Å²) < 4.78 is 13.3. The van der Waals surface area contributed by atoms with Crippen LogP contribution in [-0.2, 0) is 12.8 Å². The largest absolute Gasteiger partial charge is 0.236 e. The Balaban J connectivity index is 1.98. The third-order valence-corrected chi connectivity index (χ3v) is 5.08. The van der Waals surface area contributed by atoms with E-state index in [9.17, 15) is 9.65 Å². The zero-order chi connectivity index (χ0) is 18.1. The van der Waals surface area contributed by atoms with Gasteiger partial charge in [-0.15, -0.1) is 0 Å². The van der Waals surface area contributed by atoms with Crippen LogP contribution in [0.3, 0.4) is 0 Å². The number of nitrogens with zero attached hydrogens (tertiary/aromatic N) is 2. The summed E-state index contributed by atoms with van der Waals surface area (Å²) in [6.45, 7) is 2.06. The zero-order valence-electron chi connectivity index (χ0n) is 14.7. The van der Waals surface area contributed by atoms with E-state index in [4.69, 9.17) is 4.98 Å². The molecule has 0 saturated carbocycles. The van der Waals surface area contributed by atoms with Crippen LogP contribution in [0, 0.1) is 24.1 Å². The molecular weight excluding hydrogens is 323 g/mol. The van der Waals surface area contributed by atoms with Gasteiger partial charge in [-0.2, -0.15) is 5.26 Å². The predicted octanol–water partition coefficient (Wildman–Crippen LogP) is 5.61. The fraction of sp³-hybridized carbons (Fsp3) is 0.217. The van der Waals surface area contributed by atoms with E-state index < -0.39 is 0 Å². The van der Waals surface area contributed by atoms with Gasteiger partial charge in [0.1, 0.15) is 17.6 Å². The molecule has 1 heterocycles. The number of benzene rings is 2. The fourth-order valence-electron chi connectivity index (χ4n) is 3.78. The maximum atomic E-state index is 13.3. The van der Waals surface area contributed by atoms with Gasteiger partial charge in [-0.3, -0.25) is 0 Å². The van der Waals surface area contributed by atoms with Crippen molar-refractivity contribution in [3.05, 3.63) is 76.7 Å². The summed E-state index contributed by atoms with van der Waals surface area (Å²) in [5.41, 5.74) is 7.79. The van der Waals surface area contributed by atoms with Gasteiger partial charge in [0, 0.05) is 11.1 Å². The molecule has 1 aliphatic rings. The predicted molar refractivity (Wildman–Crippen MR) is 101 cm³/mol. The molecule has 0 radical (unpaired) electrons. The minimum Gasteiger partial charge on any atom is -0.236 e. The highest BCUT2D eigenvalue weighted by Gasteiger charge is 2.23. The number of nitriles is 1. The molecule has 26 heavy (non-hydrogen) atoms. The monoisotopic (exact) mass is 342 g/mol. The first-order chi connectivity index (χ1) is 12.7. The van der Waals surface area contributed by atoms with Crippen molar-refractivity contribution in [2.24, 2.45) is 0 Å². The Kier molecular flexibility index (Phi) is 4.26. The lowest BCUT2D eigenvalue weighted by molar-refractivity contribution is 0.628. The smallest absolute Gasteiger partial charge is 0.149 e. The third-order valence-electron chi connectivity index (χ3n) is 5.08. The van der Waals surface area contributed by atoms with Gasteiger partial charge < -0.3 is 0 Å². The van der Waals surface area contributed by atoms with Gasteiger partial charge in [-0.1, -0.05) is 29.8 Å². The Labute approximate surface area is 153 Å². The summed E-state index contributed by atoms with van der Waals surface area (Å²) in [6, 6.07) is 17.0. The summed E-state index contributed by atoms with van der Waals surface area (Å²) in [4.78, 5) is 4.72. The molecule has 0 N–H and O–H groups in total. The van der Waals surface area contributed by atoms with E-state index in [0.717, 1.165) is 48.1 Å². The van der Waals surface area contributed by atoms with Crippen LogP contribution in [0.1, 0.15) is 35.2 Å². The molecule has 2 nitrogen and oxygen atoms in total. The Hall–Kier alpha value is -2.99. The highest BCUT2D eigenvalue weighted by molar-refractivity contribution is 5.79. The molecule has 0 fully saturated rings. The van der Waals surface area contributed by atoms with Crippen LogP contribution in [0.4, 0.5) is 4.39 Å². The second kappa shape index (κ2) is 6.72. The number of aryl methyl sites for hydroxylation is 1. The van der Waals surface area contributed by atoms with Crippen LogP contribution in [0.2, 0.25) is 0 Å². The maximum Gasteiger partial charge on any atom is 0.149 e. The van der Waals surface area contributed by atoms with Crippen molar-refractivity contribution in [2.45, 2.75) is 32.6 Å². The van der Waals surface area contributed by atoms with E-state index in [2.05, 4.69) is 37.3 Å². The molecule has 1 aromatic heterocycles. The van der Waals surface area contributed by atoms with Crippen LogP contribution in [-0.4, -0.2) is 4.98 Å². The number of hydrogen-bond acceptors (Lipinski definition) is 2. The van der Waals surface area contributed by atoms with Crippen LogP contribution < -0.4 is 0 Å². The maximum absolute atomic E-state index is 13.3. The lowest BCUT2D eigenvalue weighted by atomic mass is 9.83. The summed E-state index contributed by atoms with van der Waals surface area (Å²) in [5, 5.41) is 9.78. The number of hydrogen-bond donors (Lipinski definition) is 0. The third kappa shape index (κ3) is 2.88. The molecule has 0 unspecified atom stereocenters. The Bertz CT molecular complexity index is 996. The minimum atomic E-state index is -0.264. The Morgan fingerprint density at radius 2 is 1.50 bits per heavy atom. The van der Waals surface area contributed by atoms with Crippen molar-refractivity contribution in [3.63, 3.8) is 0 Å². The van der Waals surface area contributed by atoms with Gasteiger partial charge >= 0.3 is 0 Å². The van der Waals surface area contributed by atoms with Crippen molar-refractivity contribution in [1.29, 1.82) is 5.26 Å². The van der Waals surface area contributed by atoms with Gasteiger partial charge in [0.25, 0.3) is 0 Å². The fourth-order valence-corrected chi connectivity index (χ4v) is 3.78. The van der Waals surface area contributed by atoms with Gasteiger partial charge in [0.2, 0.25) is 0 Å². The van der Waals surface area contributed by atoms with E-state index in [1.807, 2.05) is 0 Å². The molecule has 0 spiro atoms. The summed E-state index contributed by atoms with van der Waals surface area (Å²) in [7, 11) is 0. The zero-order valence-corrected chi connectivity index (χ0v) is 14.7. The van der Waals surface area contributed by atoms with Crippen molar-refractivity contribution < 1.29 is 4.39 Å². The van der Waals surface area contributed by atoms with E-state index in [1.54, 1.807) is 12.1 Å². The van der Waals surface area contributed by atoms with Crippen LogP contribution in [0.15, 0.2) is 48.5 Å². The molecule has 3 heteroatoms. The molecular formula is C23H19FN2. The average Bonchev–Trinajstić information content (AvgIpc) is 2.68. The molecule has 1 aliphatic carbocycles. The second-order valence-corrected chi connectivity index (χ2v) is 6.83. The SMILES string of the molecule is Cc1ccc(-c2c(C#N)nc(-c3ccc(F)cc3)c3c2CCCC3)cc1. The number of halogens is 1. The Morgan fingerprint density at radius 3 is 2.15 bits per heavy atom. The summed E-state index contributed by atoms with van der Waals surface area (Å²) in [5.74, 6) is -0.264. The van der Waals surface area contributed by atoms with Gasteiger partial charge in [0.05, 0.1) is 5.69 Å². The van der Waals surface area contributed by atoms with E-state index in [1.165, 1.54) is 28.8 Å². The topological polar surface area (TPSA) is 36.7 Å². The lowest BCUT2D eigenvalue weighted by Gasteiger charge is -2.23. The number of fused-ring (bicyclic) bond motifs is 1. The lowest BCUT2D eigenvalue weighted by Crippen LogP contribution is -2.10. The highest BCUT2D eigenvalue weighted by Crippen LogP contribution is 2.38. The standard InChI is InChI=1S/C23H19FN2/c1-15-6-8-16(9-7-15)22-19-4-2-3-5-20(19)23(26-21(22)14-25)17-10-12-18(24)13-11-17/h6-13H,2-5H2,1H3. The molecule has 2 aromatic carbocycles. The van der Waals surface area contributed by atoms with Crippen LogP contribution in [0.25, 0.3) is 22.4 Å². The molecule has 0 atom stereocenters. The minimum absolute atomic E-state index is 0.264. The molecule has 3 aromatic rings. The first kappa shape index (κ1) is 16.5. The van der Waals surface area contributed by atoms with Crippen molar-refractivity contribution in [3.8, 4) is 28.5 Å². The van der Waals surface area contributed by atoms with E-state index >= 15 is 0 Å². The van der Waals surface area contributed by atoms with E-state index in [-0.39, 0.29) is 5.82 Å². The average molecular weight is 342 g/mol. The number of rotatable bonds is 2. The quantitative estimate of drug-likeness (QED) is 0.606. The first-order valence-corrected chi connectivity index (χ1v) is 8.96. The second-order valence-electron chi connectivity index (χ2n) is 6.83. The van der Waals surface area contributed by atoms with Gasteiger partial charge in [-0.05, 0) is 73.6 Å². The van der Waals surface area contributed by atoms with Crippen LogP contribution >= 0.6 is 0 Å². The molecule has 0 saturated heterocycles. The van der Waals surface area contributed by atoms with E-state index in [0.29, 0.717) is 5.69 Å². The van der Waals surface area contributed by atoms with Gasteiger partial charge in [0.15, 0.2) is 0 Å². The highest BCUT2D eigenvalue weighted by atomic mass is 19.1. The molecule has 0 aliphatic heterocycles.